The van der Waals surface area contributed by atoms with Gasteiger partial charge in [0.15, 0.2) is 0 Å². The molecule has 7 rings (SSSR count). The molecule has 0 unspecified atom stereocenters. The first-order chi connectivity index (χ1) is 20.8. The highest BCUT2D eigenvalue weighted by Crippen LogP contribution is 2.47. The topological polar surface area (TPSA) is 0 Å². The van der Waals surface area contributed by atoms with Crippen molar-refractivity contribution in [2.45, 2.75) is 0 Å². The Labute approximate surface area is 251 Å². The first kappa shape index (κ1) is 26.3. The highest BCUT2D eigenvalue weighted by atomic mass is 31.0. The van der Waals surface area contributed by atoms with Crippen molar-refractivity contribution < 1.29 is 0 Å². The quantitative estimate of drug-likeness (QED) is 0.187. The summed E-state index contributed by atoms with van der Waals surface area (Å²) in [6, 6.07) is 56.8. The zero-order chi connectivity index (χ0) is 28.1. The molecule has 0 N–H and O–H groups in total. The van der Waals surface area contributed by atoms with Crippen molar-refractivity contribution in [1.29, 1.82) is 0 Å². The van der Waals surface area contributed by atoms with Gasteiger partial charge in [-0.15, -0.1) is 0 Å². The maximum atomic E-state index is 2.40. The van der Waals surface area contributed by atoms with E-state index < -0.39 is 0 Å². The van der Waals surface area contributed by atoms with Gasteiger partial charge in [-0.05, 0) is 79.4 Å². The van der Waals surface area contributed by atoms with Crippen LogP contribution in [0.4, 0.5) is 0 Å². The summed E-state index contributed by atoms with van der Waals surface area (Å²) in [4.78, 5) is 0. The van der Waals surface area contributed by atoms with Gasteiger partial charge in [-0.2, -0.15) is 0 Å². The second-order valence-electron chi connectivity index (χ2n) is 10.2. The molecule has 5 aromatic carbocycles. The molecule has 7 aromatic rings. The summed E-state index contributed by atoms with van der Waals surface area (Å²) in [7, 11) is 2.40. The zero-order valence-electron chi connectivity index (χ0n) is 23.1. The molecular weight excluding hydrogens is 542 g/mol. The summed E-state index contributed by atoms with van der Waals surface area (Å²) in [6.07, 6.45) is 0. The molecule has 0 atom stereocenters. The van der Waals surface area contributed by atoms with Gasteiger partial charge in [0.2, 0.25) is 0 Å². The van der Waals surface area contributed by atoms with Crippen LogP contribution in [-0.2, 0) is 0 Å². The maximum Gasteiger partial charge on any atom is 0.00968 e. The summed E-state index contributed by atoms with van der Waals surface area (Å²) in [6.45, 7) is 0. The predicted molar refractivity (Wildman–Crippen MR) is 184 cm³/mol. The van der Waals surface area contributed by atoms with Crippen LogP contribution in [0, 0.1) is 0 Å². The van der Waals surface area contributed by atoms with Gasteiger partial charge in [0, 0.05) is 10.6 Å². The van der Waals surface area contributed by atoms with Crippen LogP contribution < -0.4 is 0 Å². The molecule has 0 saturated carbocycles. The summed E-state index contributed by atoms with van der Waals surface area (Å²) in [5.74, 6) is 4.80. The minimum atomic E-state index is 1.20. The van der Waals surface area contributed by atoms with Gasteiger partial charge in [-0.25, -0.2) is 0 Å². The second-order valence-corrected chi connectivity index (χ2v) is 12.2. The van der Waals surface area contributed by atoms with Crippen LogP contribution in [0.3, 0.4) is 0 Å². The Morgan fingerprint density at radius 1 is 0.262 bits per heavy atom. The summed E-state index contributed by atoms with van der Waals surface area (Å²) < 4.78 is 0. The Balaban J connectivity index is 1.45. The van der Waals surface area contributed by atoms with Crippen molar-refractivity contribution in [3.63, 3.8) is 0 Å². The van der Waals surface area contributed by atoms with E-state index in [9.17, 15) is 0 Å². The Morgan fingerprint density at radius 2 is 0.571 bits per heavy atom. The highest BCUT2D eigenvalue weighted by molar-refractivity contribution is 7.33. The van der Waals surface area contributed by atoms with Crippen LogP contribution in [-0.4, -0.2) is 0 Å². The first-order valence-electron chi connectivity index (χ1n) is 14.2. The molecule has 0 aliphatic carbocycles. The van der Waals surface area contributed by atoms with E-state index in [1.807, 2.05) is 0 Å². The van der Waals surface area contributed by atoms with Crippen molar-refractivity contribution in [2.75, 3.05) is 0 Å². The van der Waals surface area contributed by atoms with E-state index in [1.54, 1.807) is 0 Å². The van der Waals surface area contributed by atoms with Crippen molar-refractivity contribution in [3.05, 3.63) is 169 Å². The molecule has 0 spiro atoms. The average molecular weight is 571 g/mol. The van der Waals surface area contributed by atoms with E-state index in [0.29, 0.717) is 0 Å². The standard InChI is InChI=1S/C40H28P2/c1-5-15-29(16-6-1)35-25-39(31-19-9-3-10-20-31)41-27-37(35)33-23-13-14-24-34(33)38-28-42-40(32-21-11-4-12-22-32)26-36(38)30-17-7-2-8-18-30/h1-28H. The monoisotopic (exact) mass is 570 g/mol. The van der Waals surface area contributed by atoms with Crippen molar-refractivity contribution >= 4 is 16.4 Å². The fraction of sp³-hybridized carbons (Fsp3) is 0. The van der Waals surface area contributed by atoms with Crippen LogP contribution in [0.1, 0.15) is 0 Å². The lowest BCUT2D eigenvalue weighted by atomic mass is 9.89. The van der Waals surface area contributed by atoms with Gasteiger partial charge >= 0.3 is 0 Å². The molecular formula is C40H28P2. The number of benzene rings is 5. The predicted octanol–water partition coefficient (Wildman–Crippen LogP) is 12.8. The van der Waals surface area contributed by atoms with Gasteiger partial charge in [0.1, 0.15) is 0 Å². The van der Waals surface area contributed by atoms with Crippen LogP contribution in [0.15, 0.2) is 169 Å². The molecule has 2 heterocycles. The molecule has 0 fully saturated rings. The minimum Gasteiger partial charge on any atom is -0.0671 e. The third-order valence-electron chi connectivity index (χ3n) is 7.62. The van der Waals surface area contributed by atoms with E-state index in [2.05, 4.69) is 169 Å². The fourth-order valence-electron chi connectivity index (χ4n) is 5.54. The number of hydrogen-bond donors (Lipinski definition) is 0. The van der Waals surface area contributed by atoms with Crippen molar-refractivity contribution in [3.8, 4) is 66.2 Å². The van der Waals surface area contributed by atoms with Crippen LogP contribution in [0.5, 0.6) is 0 Å². The highest BCUT2D eigenvalue weighted by Gasteiger charge is 2.17. The van der Waals surface area contributed by atoms with Gasteiger partial charge in [-0.1, -0.05) is 162 Å². The molecule has 0 saturated heterocycles. The SMILES string of the molecule is c1ccc(-c2cc(-c3ccccc3)c(-c3ccccc3-c3cpc(-c4ccccc4)cc3-c3ccccc3)cp2)cc1. The van der Waals surface area contributed by atoms with Gasteiger partial charge in [-0.3, -0.25) is 0 Å². The lowest BCUT2D eigenvalue weighted by Gasteiger charge is -2.19. The second kappa shape index (κ2) is 12.1. The smallest absolute Gasteiger partial charge is 0.00968 e. The molecule has 198 valence electrons. The molecule has 2 aromatic heterocycles. The zero-order valence-corrected chi connectivity index (χ0v) is 24.8. The molecule has 2 heteroatoms. The van der Waals surface area contributed by atoms with E-state index in [0.717, 1.165) is 0 Å². The number of rotatable bonds is 6. The maximum absolute atomic E-state index is 2.40. The largest absolute Gasteiger partial charge is 0.0671 e. The average Bonchev–Trinajstić information content (AvgIpc) is 3.09. The molecule has 42 heavy (non-hydrogen) atoms. The third-order valence-corrected chi connectivity index (χ3v) is 9.73. The third kappa shape index (κ3) is 5.36. The van der Waals surface area contributed by atoms with E-state index >= 15 is 0 Å². The lowest BCUT2D eigenvalue weighted by Crippen LogP contribution is -1.91. The van der Waals surface area contributed by atoms with E-state index in [1.165, 1.54) is 82.6 Å². The van der Waals surface area contributed by atoms with Gasteiger partial charge < -0.3 is 0 Å². The molecule has 0 radical (unpaired) electrons. The molecule has 0 aliphatic heterocycles. The summed E-state index contributed by atoms with van der Waals surface area (Å²) in [5, 5.41) is 2.64. The first-order valence-corrected chi connectivity index (χ1v) is 16.1. The van der Waals surface area contributed by atoms with Gasteiger partial charge in [0.25, 0.3) is 0 Å². The number of hydrogen-bond acceptors (Lipinski definition) is 0. The minimum absolute atomic E-state index is 1.20. The summed E-state index contributed by atoms with van der Waals surface area (Å²) >= 11 is 0. The summed E-state index contributed by atoms with van der Waals surface area (Å²) in [5.41, 5.74) is 12.6. The lowest BCUT2D eigenvalue weighted by molar-refractivity contribution is 1.58. The van der Waals surface area contributed by atoms with Crippen LogP contribution in [0.25, 0.3) is 66.2 Å². The molecule has 0 amide bonds. The Kier molecular flexibility index (Phi) is 7.58. The normalized spacial score (nSPS) is 11.2. The Bertz CT molecular complexity index is 1800. The fourth-order valence-corrected chi connectivity index (χ4v) is 7.64. The van der Waals surface area contributed by atoms with Crippen LogP contribution in [0.2, 0.25) is 0 Å². The van der Waals surface area contributed by atoms with Crippen molar-refractivity contribution in [1.82, 2.24) is 0 Å². The van der Waals surface area contributed by atoms with E-state index in [-0.39, 0.29) is 0 Å². The Hall–Kier alpha value is -4.60. The van der Waals surface area contributed by atoms with Crippen LogP contribution >= 0.6 is 16.4 Å². The van der Waals surface area contributed by atoms with Gasteiger partial charge in [0.05, 0.1) is 0 Å². The van der Waals surface area contributed by atoms with Crippen molar-refractivity contribution in [2.24, 2.45) is 0 Å². The van der Waals surface area contributed by atoms with E-state index in [4.69, 9.17) is 0 Å². The molecule has 0 nitrogen and oxygen atoms in total. The Morgan fingerprint density at radius 3 is 0.929 bits per heavy atom. The molecule has 0 bridgehead atoms. The molecule has 0 aliphatic rings.